The number of rotatable bonds is 2. The smallest absolute Gasteiger partial charge is 0.314 e. The van der Waals surface area contributed by atoms with Crippen molar-refractivity contribution in [2.24, 2.45) is 5.73 Å². The van der Waals surface area contributed by atoms with E-state index in [0.717, 1.165) is 5.56 Å². The van der Waals surface area contributed by atoms with Gasteiger partial charge in [-0.3, -0.25) is 0 Å². The van der Waals surface area contributed by atoms with E-state index in [0.29, 0.717) is 6.54 Å². The van der Waals surface area contributed by atoms with Gasteiger partial charge in [0.05, 0.1) is 0 Å². The van der Waals surface area contributed by atoms with E-state index in [1.807, 2.05) is 12.1 Å². The molecule has 1 rings (SSSR count). The van der Waals surface area contributed by atoms with Crippen molar-refractivity contribution in [1.82, 2.24) is 4.90 Å². The molecule has 0 aliphatic carbocycles. The van der Waals surface area contributed by atoms with Crippen molar-refractivity contribution >= 4 is 6.03 Å². The van der Waals surface area contributed by atoms with Crippen LogP contribution >= 0.6 is 0 Å². The molecule has 88 valence electrons. The number of primary amides is 1. The standard InChI is InChI=1S/C13H20N2O/c1-13(2,3)11-7-5-10(6-8-11)9-15(4)12(14)16/h5-8H,9H2,1-4H3,(H2,14,16). The second-order valence-electron chi connectivity index (χ2n) is 5.14. The number of hydrogen-bond acceptors (Lipinski definition) is 1. The Bertz CT molecular complexity index is 363. The highest BCUT2D eigenvalue weighted by atomic mass is 16.2. The predicted octanol–water partition coefficient (Wildman–Crippen LogP) is 2.49. The number of nitrogens with zero attached hydrogens (tertiary/aromatic N) is 1. The van der Waals surface area contributed by atoms with E-state index in [2.05, 4.69) is 32.9 Å². The Hall–Kier alpha value is -1.51. The fourth-order valence-electron chi connectivity index (χ4n) is 1.46. The highest BCUT2D eigenvalue weighted by Gasteiger charge is 2.13. The van der Waals surface area contributed by atoms with E-state index in [1.165, 1.54) is 10.5 Å². The van der Waals surface area contributed by atoms with Crippen molar-refractivity contribution in [1.29, 1.82) is 0 Å². The first-order chi connectivity index (χ1) is 7.30. The van der Waals surface area contributed by atoms with Crippen LogP contribution in [-0.4, -0.2) is 18.0 Å². The maximum absolute atomic E-state index is 10.9. The number of urea groups is 1. The summed E-state index contributed by atoms with van der Waals surface area (Å²) in [5.41, 5.74) is 7.71. The first kappa shape index (κ1) is 12.6. The van der Waals surface area contributed by atoms with Crippen molar-refractivity contribution in [3.63, 3.8) is 0 Å². The van der Waals surface area contributed by atoms with Gasteiger partial charge < -0.3 is 10.6 Å². The van der Waals surface area contributed by atoms with Gasteiger partial charge in [-0.05, 0) is 16.5 Å². The number of carbonyl (C=O) groups excluding carboxylic acids is 1. The molecular formula is C13H20N2O. The Morgan fingerprint density at radius 1 is 1.25 bits per heavy atom. The number of amides is 2. The Morgan fingerprint density at radius 2 is 1.75 bits per heavy atom. The molecule has 0 aromatic heterocycles. The number of hydrogen-bond donors (Lipinski definition) is 1. The lowest BCUT2D eigenvalue weighted by Crippen LogP contribution is -2.31. The van der Waals surface area contributed by atoms with Crippen LogP contribution < -0.4 is 5.73 Å². The van der Waals surface area contributed by atoms with Gasteiger partial charge in [0.25, 0.3) is 0 Å². The van der Waals surface area contributed by atoms with Gasteiger partial charge in [-0.2, -0.15) is 0 Å². The summed E-state index contributed by atoms with van der Waals surface area (Å²) >= 11 is 0. The lowest BCUT2D eigenvalue weighted by atomic mass is 9.87. The topological polar surface area (TPSA) is 46.3 Å². The van der Waals surface area contributed by atoms with Crippen LogP contribution in [0.15, 0.2) is 24.3 Å². The summed E-state index contributed by atoms with van der Waals surface area (Å²) in [6.45, 7) is 7.09. The zero-order valence-electron chi connectivity index (χ0n) is 10.4. The van der Waals surface area contributed by atoms with Crippen LogP contribution in [0.5, 0.6) is 0 Å². The molecule has 1 aromatic rings. The molecule has 0 aliphatic rings. The first-order valence-electron chi connectivity index (χ1n) is 5.40. The van der Waals surface area contributed by atoms with Gasteiger partial charge >= 0.3 is 6.03 Å². The van der Waals surface area contributed by atoms with E-state index in [4.69, 9.17) is 5.73 Å². The van der Waals surface area contributed by atoms with Crippen LogP contribution in [0.25, 0.3) is 0 Å². The van der Waals surface area contributed by atoms with Crippen LogP contribution in [0.2, 0.25) is 0 Å². The van der Waals surface area contributed by atoms with Crippen LogP contribution in [0.3, 0.4) is 0 Å². The van der Waals surface area contributed by atoms with Gasteiger partial charge in [-0.25, -0.2) is 4.79 Å². The van der Waals surface area contributed by atoms with Crippen LogP contribution in [0.1, 0.15) is 31.9 Å². The average molecular weight is 220 g/mol. The quantitative estimate of drug-likeness (QED) is 0.817. The lowest BCUT2D eigenvalue weighted by Gasteiger charge is -2.20. The van der Waals surface area contributed by atoms with Gasteiger partial charge in [0.15, 0.2) is 0 Å². The van der Waals surface area contributed by atoms with Crippen LogP contribution in [-0.2, 0) is 12.0 Å². The maximum atomic E-state index is 10.9. The molecule has 0 saturated carbocycles. The van der Waals surface area contributed by atoms with E-state index >= 15 is 0 Å². The van der Waals surface area contributed by atoms with Crippen LogP contribution in [0, 0.1) is 0 Å². The second-order valence-corrected chi connectivity index (χ2v) is 5.14. The first-order valence-corrected chi connectivity index (χ1v) is 5.40. The summed E-state index contributed by atoms with van der Waals surface area (Å²) in [6, 6.07) is 7.88. The zero-order valence-corrected chi connectivity index (χ0v) is 10.4. The third kappa shape index (κ3) is 3.26. The van der Waals surface area contributed by atoms with Crippen molar-refractivity contribution < 1.29 is 4.79 Å². The average Bonchev–Trinajstić information content (AvgIpc) is 2.17. The molecule has 0 aliphatic heterocycles. The molecule has 0 fully saturated rings. The van der Waals surface area contributed by atoms with Gasteiger partial charge in [-0.1, -0.05) is 45.0 Å². The minimum absolute atomic E-state index is 0.161. The van der Waals surface area contributed by atoms with Crippen molar-refractivity contribution in [3.8, 4) is 0 Å². The number of nitrogens with two attached hydrogens (primary N) is 1. The van der Waals surface area contributed by atoms with Crippen molar-refractivity contribution in [2.45, 2.75) is 32.7 Å². The number of carbonyl (C=O) groups is 1. The van der Waals surface area contributed by atoms with Gasteiger partial charge in [-0.15, -0.1) is 0 Å². The van der Waals surface area contributed by atoms with E-state index < -0.39 is 6.03 Å². The molecule has 3 heteroatoms. The Balaban J connectivity index is 2.76. The molecule has 2 N–H and O–H groups in total. The van der Waals surface area contributed by atoms with Gasteiger partial charge in [0, 0.05) is 13.6 Å². The Morgan fingerprint density at radius 3 is 2.12 bits per heavy atom. The van der Waals surface area contributed by atoms with Gasteiger partial charge in [0.1, 0.15) is 0 Å². The van der Waals surface area contributed by atoms with E-state index in [-0.39, 0.29) is 5.41 Å². The molecule has 0 spiro atoms. The Labute approximate surface area is 97.2 Å². The van der Waals surface area contributed by atoms with E-state index in [9.17, 15) is 4.79 Å². The molecule has 0 atom stereocenters. The summed E-state index contributed by atoms with van der Waals surface area (Å²) in [4.78, 5) is 12.4. The molecule has 0 heterocycles. The van der Waals surface area contributed by atoms with E-state index in [1.54, 1.807) is 7.05 Å². The second kappa shape index (κ2) is 4.56. The summed E-state index contributed by atoms with van der Waals surface area (Å²) in [5, 5.41) is 0. The SMILES string of the molecule is CN(Cc1ccc(C(C)(C)C)cc1)C(N)=O. The Kier molecular flexibility index (Phi) is 3.58. The molecule has 0 unspecified atom stereocenters. The van der Waals surface area contributed by atoms with Gasteiger partial charge in [0.2, 0.25) is 0 Å². The molecule has 0 bridgehead atoms. The summed E-state index contributed by atoms with van der Waals surface area (Å²) in [6.07, 6.45) is 0. The minimum Gasteiger partial charge on any atom is -0.351 e. The summed E-state index contributed by atoms with van der Waals surface area (Å²) in [5.74, 6) is 0. The predicted molar refractivity (Wildman–Crippen MR) is 66.2 cm³/mol. The minimum atomic E-state index is -0.403. The summed E-state index contributed by atoms with van der Waals surface area (Å²) in [7, 11) is 1.69. The van der Waals surface area contributed by atoms with Crippen molar-refractivity contribution in [2.75, 3.05) is 7.05 Å². The largest absolute Gasteiger partial charge is 0.351 e. The molecule has 0 radical (unpaired) electrons. The third-order valence-electron chi connectivity index (χ3n) is 2.62. The fourth-order valence-corrected chi connectivity index (χ4v) is 1.46. The molecule has 0 saturated heterocycles. The third-order valence-corrected chi connectivity index (χ3v) is 2.62. The monoisotopic (exact) mass is 220 g/mol. The highest BCUT2D eigenvalue weighted by molar-refractivity contribution is 5.71. The fraction of sp³-hybridized carbons (Fsp3) is 0.462. The molecular weight excluding hydrogens is 200 g/mol. The number of benzene rings is 1. The van der Waals surface area contributed by atoms with Crippen molar-refractivity contribution in [3.05, 3.63) is 35.4 Å². The molecule has 1 aromatic carbocycles. The summed E-state index contributed by atoms with van der Waals surface area (Å²) < 4.78 is 0. The molecule has 16 heavy (non-hydrogen) atoms. The molecule has 2 amide bonds. The maximum Gasteiger partial charge on any atom is 0.314 e. The highest BCUT2D eigenvalue weighted by Crippen LogP contribution is 2.22. The van der Waals surface area contributed by atoms with Crippen LogP contribution in [0.4, 0.5) is 4.79 Å². The lowest BCUT2D eigenvalue weighted by molar-refractivity contribution is 0.216. The molecule has 3 nitrogen and oxygen atoms in total. The normalized spacial score (nSPS) is 11.2. The zero-order chi connectivity index (χ0) is 12.3.